The van der Waals surface area contributed by atoms with E-state index in [-0.39, 0.29) is 19.1 Å². The van der Waals surface area contributed by atoms with Gasteiger partial charge in [-0.3, -0.25) is 4.79 Å². The van der Waals surface area contributed by atoms with E-state index in [1.54, 1.807) is 63.4 Å². The Labute approximate surface area is 203 Å². The van der Waals surface area contributed by atoms with Gasteiger partial charge in [0.05, 0.1) is 13.7 Å². The summed E-state index contributed by atoms with van der Waals surface area (Å²) in [5.74, 6) is 0.636. The molecule has 0 bridgehead atoms. The van der Waals surface area contributed by atoms with Crippen LogP contribution in [0.2, 0.25) is 5.02 Å². The van der Waals surface area contributed by atoms with Gasteiger partial charge in [0, 0.05) is 23.0 Å². The van der Waals surface area contributed by atoms with Crippen LogP contribution < -0.4 is 20.1 Å². The van der Waals surface area contributed by atoms with Crippen LogP contribution in [0.1, 0.15) is 31.3 Å². The van der Waals surface area contributed by atoms with Crippen LogP contribution in [0.4, 0.5) is 10.5 Å². The lowest BCUT2D eigenvalue weighted by Crippen LogP contribution is -2.34. The second-order valence-electron chi connectivity index (χ2n) is 8.41. The number of rotatable bonds is 8. The number of alkyl carbamates (subject to hydrolysis) is 1. The number of H-pyrrole nitrogens is 1. The Hall–Kier alpha value is -3.65. The van der Waals surface area contributed by atoms with Crippen LogP contribution in [0.5, 0.6) is 11.5 Å². The molecule has 2 amide bonds. The number of halogens is 1. The summed E-state index contributed by atoms with van der Waals surface area (Å²) < 4.78 is 16.2. The maximum absolute atomic E-state index is 12.7. The van der Waals surface area contributed by atoms with Gasteiger partial charge in [-0.05, 0) is 62.2 Å². The monoisotopic (exact) mass is 485 g/mol. The van der Waals surface area contributed by atoms with Crippen molar-refractivity contribution < 1.29 is 23.8 Å². The molecule has 3 rings (SSSR count). The first-order valence-electron chi connectivity index (χ1n) is 10.7. The third-order valence-corrected chi connectivity index (χ3v) is 4.81. The number of nitrogens with one attached hydrogen (secondary N) is 3. The Balaban J connectivity index is 1.56. The summed E-state index contributed by atoms with van der Waals surface area (Å²) in [4.78, 5) is 27.4. The van der Waals surface area contributed by atoms with Gasteiger partial charge in [-0.25, -0.2) is 4.79 Å². The molecule has 0 radical (unpaired) electrons. The van der Waals surface area contributed by atoms with Gasteiger partial charge in [-0.1, -0.05) is 23.7 Å². The van der Waals surface area contributed by atoms with Crippen molar-refractivity contribution in [2.75, 3.05) is 25.6 Å². The van der Waals surface area contributed by atoms with Crippen molar-refractivity contribution in [2.45, 2.75) is 26.4 Å². The van der Waals surface area contributed by atoms with E-state index in [1.165, 1.54) is 7.11 Å². The van der Waals surface area contributed by atoms with E-state index in [9.17, 15) is 9.59 Å². The molecule has 0 aliphatic carbocycles. The summed E-state index contributed by atoms with van der Waals surface area (Å²) in [6.07, 6.45) is 1.26. The van der Waals surface area contributed by atoms with Crippen molar-refractivity contribution in [1.29, 1.82) is 0 Å². The summed E-state index contributed by atoms with van der Waals surface area (Å²) in [6.45, 7) is 5.87. The zero-order chi connectivity index (χ0) is 24.7. The van der Waals surface area contributed by atoms with Gasteiger partial charge >= 0.3 is 6.09 Å². The van der Waals surface area contributed by atoms with Crippen LogP contribution in [0, 0.1) is 0 Å². The number of ether oxygens (including phenoxy) is 3. The van der Waals surface area contributed by atoms with Crippen LogP contribution in [0.3, 0.4) is 0 Å². The highest BCUT2D eigenvalue weighted by Gasteiger charge is 2.16. The summed E-state index contributed by atoms with van der Waals surface area (Å²) in [5.41, 5.74) is 2.22. The molecule has 9 heteroatoms. The van der Waals surface area contributed by atoms with Gasteiger partial charge in [0.2, 0.25) is 0 Å². The first-order chi connectivity index (χ1) is 16.1. The third kappa shape index (κ3) is 7.18. The van der Waals surface area contributed by atoms with E-state index in [4.69, 9.17) is 25.8 Å². The Morgan fingerprint density at radius 1 is 1.00 bits per heavy atom. The molecule has 1 aromatic heterocycles. The molecule has 180 valence electrons. The molecule has 0 aliphatic rings. The number of aromatic amines is 1. The maximum atomic E-state index is 12.7. The first kappa shape index (κ1) is 25.0. The fourth-order valence-electron chi connectivity index (χ4n) is 3.03. The van der Waals surface area contributed by atoms with Crippen molar-refractivity contribution in [3.8, 4) is 22.6 Å². The van der Waals surface area contributed by atoms with E-state index < -0.39 is 11.7 Å². The molecule has 3 aromatic rings. The Morgan fingerprint density at radius 2 is 1.74 bits per heavy atom. The average molecular weight is 486 g/mol. The smallest absolute Gasteiger partial charge is 0.407 e. The Bertz CT molecular complexity index is 1140. The molecular formula is C25H28ClN3O5. The molecule has 0 atom stereocenters. The summed E-state index contributed by atoms with van der Waals surface area (Å²) >= 11 is 5.94. The highest BCUT2D eigenvalue weighted by Crippen LogP contribution is 2.30. The molecule has 0 fully saturated rings. The lowest BCUT2D eigenvalue weighted by atomic mass is 10.1. The number of aromatic nitrogens is 1. The van der Waals surface area contributed by atoms with Crippen LogP contribution in [0.15, 0.2) is 54.7 Å². The van der Waals surface area contributed by atoms with E-state index in [2.05, 4.69) is 15.6 Å². The van der Waals surface area contributed by atoms with Gasteiger partial charge in [-0.2, -0.15) is 0 Å². The molecule has 8 nitrogen and oxygen atoms in total. The molecule has 3 N–H and O–H groups in total. The minimum atomic E-state index is -0.564. The lowest BCUT2D eigenvalue weighted by Gasteiger charge is -2.19. The Kier molecular flexibility index (Phi) is 8.07. The fraction of sp³-hybridized carbons (Fsp3) is 0.280. The standard InChI is InChI=1S/C25H28ClN3O5/c1-25(2,3)34-24(31)27-11-12-33-21-10-9-19(14-22(21)32-4)29-23(30)20-13-17(15-28-20)16-5-7-18(26)8-6-16/h5-10,13-15,28H,11-12H2,1-4H3,(H,27,31)(H,29,30). The molecule has 0 aliphatic heterocycles. The number of anilines is 1. The molecule has 1 heterocycles. The van der Waals surface area contributed by atoms with Gasteiger partial charge in [-0.15, -0.1) is 0 Å². The molecule has 0 spiro atoms. The number of amides is 2. The van der Waals surface area contributed by atoms with Crippen molar-refractivity contribution >= 4 is 29.3 Å². The van der Waals surface area contributed by atoms with E-state index in [1.807, 2.05) is 12.1 Å². The summed E-state index contributed by atoms with van der Waals surface area (Å²) in [5, 5.41) is 6.11. The second-order valence-corrected chi connectivity index (χ2v) is 8.84. The quantitative estimate of drug-likeness (QED) is 0.366. The number of benzene rings is 2. The molecular weight excluding hydrogens is 458 g/mol. The highest BCUT2D eigenvalue weighted by molar-refractivity contribution is 6.30. The van der Waals surface area contributed by atoms with E-state index in [0.717, 1.165) is 11.1 Å². The predicted molar refractivity (Wildman–Crippen MR) is 132 cm³/mol. The van der Waals surface area contributed by atoms with Crippen LogP contribution in [-0.4, -0.2) is 42.8 Å². The maximum Gasteiger partial charge on any atom is 0.407 e. The number of methoxy groups -OCH3 is 1. The van der Waals surface area contributed by atoms with Crippen LogP contribution >= 0.6 is 11.6 Å². The number of carbonyl (C=O) groups is 2. The van der Waals surface area contributed by atoms with E-state index >= 15 is 0 Å². The summed E-state index contributed by atoms with van der Waals surface area (Å²) in [6, 6.07) is 14.2. The number of hydrogen-bond donors (Lipinski definition) is 3. The van der Waals surface area contributed by atoms with Crippen LogP contribution in [0.25, 0.3) is 11.1 Å². The molecule has 0 saturated carbocycles. The van der Waals surface area contributed by atoms with Gasteiger partial charge in [0.15, 0.2) is 11.5 Å². The predicted octanol–water partition coefficient (Wildman–Crippen LogP) is 5.50. The molecule has 0 unspecified atom stereocenters. The van der Waals surface area contributed by atoms with Crippen molar-refractivity contribution in [1.82, 2.24) is 10.3 Å². The second kappa shape index (κ2) is 11.0. The average Bonchev–Trinajstić information content (AvgIpc) is 3.27. The minimum absolute atomic E-state index is 0.220. The highest BCUT2D eigenvalue weighted by atomic mass is 35.5. The number of hydrogen-bond acceptors (Lipinski definition) is 5. The van der Waals surface area contributed by atoms with Crippen molar-refractivity contribution in [2.24, 2.45) is 0 Å². The van der Waals surface area contributed by atoms with Gasteiger partial charge in [0.1, 0.15) is 17.9 Å². The largest absolute Gasteiger partial charge is 0.493 e. The summed E-state index contributed by atoms with van der Waals surface area (Å²) in [7, 11) is 1.51. The molecule has 2 aromatic carbocycles. The van der Waals surface area contributed by atoms with E-state index in [0.29, 0.717) is 27.9 Å². The molecule has 34 heavy (non-hydrogen) atoms. The van der Waals surface area contributed by atoms with Crippen LogP contribution in [-0.2, 0) is 4.74 Å². The topological polar surface area (TPSA) is 102 Å². The zero-order valence-corrected chi connectivity index (χ0v) is 20.3. The molecule has 0 saturated heterocycles. The zero-order valence-electron chi connectivity index (χ0n) is 19.5. The SMILES string of the molecule is COc1cc(NC(=O)c2cc(-c3ccc(Cl)cc3)c[nH]2)ccc1OCCNC(=O)OC(C)(C)C. The third-order valence-electron chi connectivity index (χ3n) is 4.55. The Morgan fingerprint density at radius 3 is 2.41 bits per heavy atom. The van der Waals surface area contributed by atoms with Gasteiger partial charge in [0.25, 0.3) is 5.91 Å². The normalized spacial score (nSPS) is 11.0. The van der Waals surface area contributed by atoms with Crippen molar-refractivity contribution in [3.05, 3.63) is 65.4 Å². The lowest BCUT2D eigenvalue weighted by molar-refractivity contribution is 0.0520. The van der Waals surface area contributed by atoms with Crippen molar-refractivity contribution in [3.63, 3.8) is 0 Å². The minimum Gasteiger partial charge on any atom is -0.493 e. The number of carbonyl (C=O) groups excluding carboxylic acids is 2. The first-order valence-corrected chi connectivity index (χ1v) is 11.1. The van der Waals surface area contributed by atoms with Gasteiger partial charge < -0.3 is 29.8 Å². The fourth-order valence-corrected chi connectivity index (χ4v) is 3.15.